The van der Waals surface area contributed by atoms with Crippen LogP contribution < -0.4 is 19.5 Å². The molecule has 1 saturated carbocycles. The van der Waals surface area contributed by atoms with E-state index in [0.717, 1.165) is 18.4 Å². The molecule has 0 spiro atoms. The third kappa shape index (κ3) is 4.24. The fourth-order valence-electron chi connectivity index (χ4n) is 4.16. The van der Waals surface area contributed by atoms with E-state index < -0.39 is 0 Å². The fraction of sp³-hybridized carbons (Fsp3) is 0.435. The van der Waals surface area contributed by atoms with Gasteiger partial charge in [0.25, 0.3) is 0 Å². The first-order valence-corrected chi connectivity index (χ1v) is 9.73. The predicted octanol–water partition coefficient (Wildman–Crippen LogP) is 3.88. The Balaban J connectivity index is 1.70. The SMILES string of the molecule is COc1cc(CC(=O)NCC2(c3ccccc3)CCCC2)cc(OC)c1OC. The molecule has 0 atom stereocenters. The minimum absolute atomic E-state index is 0.00326. The van der Waals surface area contributed by atoms with Crippen molar-refractivity contribution >= 4 is 5.91 Å². The maximum atomic E-state index is 12.7. The first-order valence-electron chi connectivity index (χ1n) is 9.73. The minimum atomic E-state index is -0.00326. The lowest BCUT2D eigenvalue weighted by atomic mass is 9.79. The normalized spacial score (nSPS) is 15.1. The summed E-state index contributed by atoms with van der Waals surface area (Å²) in [6, 6.07) is 14.2. The summed E-state index contributed by atoms with van der Waals surface area (Å²) < 4.78 is 16.1. The van der Waals surface area contributed by atoms with Gasteiger partial charge in [-0.3, -0.25) is 4.79 Å². The summed E-state index contributed by atoms with van der Waals surface area (Å²) in [6.45, 7) is 0.667. The van der Waals surface area contributed by atoms with E-state index in [0.29, 0.717) is 23.8 Å². The lowest BCUT2D eigenvalue weighted by molar-refractivity contribution is -0.120. The van der Waals surface area contributed by atoms with Crippen LogP contribution in [0.4, 0.5) is 0 Å². The second-order valence-electron chi connectivity index (χ2n) is 7.34. The van der Waals surface area contributed by atoms with Gasteiger partial charge in [0.2, 0.25) is 11.7 Å². The van der Waals surface area contributed by atoms with E-state index in [1.165, 1.54) is 18.4 Å². The third-order valence-corrected chi connectivity index (χ3v) is 5.66. The Morgan fingerprint density at radius 3 is 2.11 bits per heavy atom. The first-order chi connectivity index (χ1) is 13.6. The molecule has 2 aromatic rings. The maximum absolute atomic E-state index is 12.7. The van der Waals surface area contributed by atoms with E-state index in [-0.39, 0.29) is 17.7 Å². The lowest BCUT2D eigenvalue weighted by Crippen LogP contribution is -2.39. The predicted molar refractivity (Wildman–Crippen MR) is 109 cm³/mol. The van der Waals surface area contributed by atoms with Crippen molar-refractivity contribution in [2.45, 2.75) is 37.5 Å². The molecule has 0 aromatic heterocycles. The maximum Gasteiger partial charge on any atom is 0.224 e. The number of hydrogen-bond acceptors (Lipinski definition) is 4. The van der Waals surface area contributed by atoms with Crippen molar-refractivity contribution in [3.05, 3.63) is 53.6 Å². The number of amides is 1. The molecule has 150 valence electrons. The zero-order chi connectivity index (χ0) is 20.0. The third-order valence-electron chi connectivity index (χ3n) is 5.66. The van der Waals surface area contributed by atoms with Crippen molar-refractivity contribution in [3.8, 4) is 17.2 Å². The van der Waals surface area contributed by atoms with Crippen molar-refractivity contribution in [1.29, 1.82) is 0 Å². The van der Waals surface area contributed by atoms with Gasteiger partial charge in [-0.15, -0.1) is 0 Å². The Morgan fingerprint density at radius 1 is 0.964 bits per heavy atom. The molecular formula is C23H29NO4. The second-order valence-corrected chi connectivity index (χ2v) is 7.34. The van der Waals surface area contributed by atoms with Crippen LogP contribution in [0.5, 0.6) is 17.2 Å². The summed E-state index contributed by atoms with van der Waals surface area (Å²) in [6.07, 6.45) is 4.90. The molecular weight excluding hydrogens is 354 g/mol. The fourth-order valence-corrected chi connectivity index (χ4v) is 4.16. The van der Waals surface area contributed by atoms with Crippen molar-refractivity contribution in [2.75, 3.05) is 27.9 Å². The highest BCUT2D eigenvalue weighted by Gasteiger charge is 2.35. The summed E-state index contributed by atoms with van der Waals surface area (Å²) in [7, 11) is 4.72. The summed E-state index contributed by atoms with van der Waals surface area (Å²) in [5, 5.41) is 3.16. The van der Waals surface area contributed by atoms with Crippen LogP contribution in [0.15, 0.2) is 42.5 Å². The molecule has 1 fully saturated rings. The van der Waals surface area contributed by atoms with E-state index in [4.69, 9.17) is 14.2 Å². The molecule has 0 unspecified atom stereocenters. The first kappa shape index (κ1) is 20.1. The van der Waals surface area contributed by atoms with E-state index in [9.17, 15) is 4.79 Å². The van der Waals surface area contributed by atoms with E-state index in [1.807, 2.05) is 18.2 Å². The second kappa shape index (κ2) is 9.00. The number of carbonyl (C=O) groups is 1. The Bertz CT molecular complexity index is 772. The molecule has 1 N–H and O–H groups in total. The van der Waals surface area contributed by atoms with Gasteiger partial charge in [0, 0.05) is 12.0 Å². The van der Waals surface area contributed by atoms with E-state index in [2.05, 4.69) is 29.6 Å². The molecule has 0 bridgehead atoms. The average molecular weight is 383 g/mol. The van der Waals surface area contributed by atoms with Crippen molar-refractivity contribution in [3.63, 3.8) is 0 Å². The van der Waals surface area contributed by atoms with Crippen LogP contribution in [0.25, 0.3) is 0 Å². The lowest BCUT2D eigenvalue weighted by Gasteiger charge is -2.30. The highest BCUT2D eigenvalue weighted by atomic mass is 16.5. The van der Waals surface area contributed by atoms with Crippen LogP contribution in [0.1, 0.15) is 36.8 Å². The van der Waals surface area contributed by atoms with Crippen LogP contribution in [-0.4, -0.2) is 33.8 Å². The molecule has 5 nitrogen and oxygen atoms in total. The molecule has 28 heavy (non-hydrogen) atoms. The van der Waals surface area contributed by atoms with Gasteiger partial charge >= 0.3 is 0 Å². The molecule has 3 rings (SSSR count). The Morgan fingerprint density at radius 2 is 1.57 bits per heavy atom. The monoisotopic (exact) mass is 383 g/mol. The highest BCUT2D eigenvalue weighted by Crippen LogP contribution is 2.41. The smallest absolute Gasteiger partial charge is 0.224 e. The van der Waals surface area contributed by atoms with E-state index >= 15 is 0 Å². The standard InChI is InChI=1S/C23H29NO4/c1-26-19-13-17(14-20(27-2)22(19)28-3)15-21(25)24-16-23(11-7-8-12-23)18-9-5-4-6-10-18/h4-6,9-10,13-14H,7-8,11-12,15-16H2,1-3H3,(H,24,25). The number of methoxy groups -OCH3 is 3. The number of ether oxygens (including phenoxy) is 3. The van der Waals surface area contributed by atoms with Crippen LogP contribution in [0.3, 0.4) is 0 Å². The van der Waals surface area contributed by atoms with Gasteiger partial charge in [-0.25, -0.2) is 0 Å². The van der Waals surface area contributed by atoms with Gasteiger partial charge in [0.05, 0.1) is 27.8 Å². The Labute approximate surface area is 167 Å². The summed E-state index contributed by atoms with van der Waals surface area (Å²) in [4.78, 5) is 12.7. The zero-order valence-electron chi connectivity index (χ0n) is 16.9. The van der Waals surface area contributed by atoms with Crippen LogP contribution in [0.2, 0.25) is 0 Å². The average Bonchev–Trinajstić information content (AvgIpc) is 3.22. The molecule has 2 aromatic carbocycles. The summed E-state index contributed by atoms with van der Waals surface area (Å²) >= 11 is 0. The molecule has 0 heterocycles. The zero-order valence-corrected chi connectivity index (χ0v) is 16.9. The largest absolute Gasteiger partial charge is 0.493 e. The van der Waals surface area contributed by atoms with Gasteiger partial charge < -0.3 is 19.5 Å². The topological polar surface area (TPSA) is 56.8 Å². The molecule has 5 heteroatoms. The molecule has 0 radical (unpaired) electrons. The van der Waals surface area contributed by atoms with E-state index in [1.54, 1.807) is 21.3 Å². The minimum Gasteiger partial charge on any atom is -0.493 e. The molecule has 1 amide bonds. The molecule has 0 aliphatic heterocycles. The van der Waals surface area contributed by atoms with Gasteiger partial charge in [0.1, 0.15) is 0 Å². The Kier molecular flexibility index (Phi) is 6.45. The Hall–Kier alpha value is -2.69. The van der Waals surface area contributed by atoms with Crippen molar-refractivity contribution in [1.82, 2.24) is 5.32 Å². The number of rotatable bonds is 8. The molecule has 1 aliphatic carbocycles. The highest BCUT2D eigenvalue weighted by molar-refractivity contribution is 5.79. The number of carbonyl (C=O) groups excluding carboxylic acids is 1. The van der Waals surface area contributed by atoms with Crippen molar-refractivity contribution in [2.24, 2.45) is 0 Å². The quantitative estimate of drug-likeness (QED) is 0.752. The van der Waals surface area contributed by atoms with Crippen LogP contribution in [-0.2, 0) is 16.6 Å². The van der Waals surface area contributed by atoms with Crippen LogP contribution in [0, 0.1) is 0 Å². The van der Waals surface area contributed by atoms with Crippen LogP contribution >= 0.6 is 0 Å². The molecule has 1 aliphatic rings. The van der Waals surface area contributed by atoms with Crippen molar-refractivity contribution < 1.29 is 19.0 Å². The number of hydrogen-bond donors (Lipinski definition) is 1. The number of nitrogens with one attached hydrogen (secondary N) is 1. The van der Waals surface area contributed by atoms with Gasteiger partial charge in [-0.05, 0) is 36.1 Å². The summed E-state index contributed by atoms with van der Waals surface area (Å²) in [5.41, 5.74) is 2.19. The van der Waals surface area contributed by atoms with Gasteiger partial charge in [-0.2, -0.15) is 0 Å². The van der Waals surface area contributed by atoms with Gasteiger partial charge in [0.15, 0.2) is 11.5 Å². The summed E-state index contributed by atoms with van der Waals surface area (Å²) in [5.74, 6) is 1.64. The number of benzene rings is 2. The molecule has 0 saturated heterocycles. The van der Waals surface area contributed by atoms with Gasteiger partial charge in [-0.1, -0.05) is 43.2 Å².